The smallest absolute Gasteiger partial charge is 0.262 e. The number of para-hydroxylation sites is 2. The van der Waals surface area contributed by atoms with E-state index in [4.69, 9.17) is 4.74 Å². The molecule has 0 saturated heterocycles. The third-order valence-electron chi connectivity index (χ3n) is 3.77. The molecule has 148 valence electrons. The zero-order valence-electron chi connectivity index (χ0n) is 15.4. The van der Waals surface area contributed by atoms with Crippen molar-refractivity contribution < 1.29 is 14.3 Å². The summed E-state index contributed by atoms with van der Waals surface area (Å²) < 4.78 is 6.26. The van der Waals surface area contributed by atoms with Gasteiger partial charge in [0, 0.05) is 15.1 Å². The summed E-state index contributed by atoms with van der Waals surface area (Å²) in [5.41, 5.74) is 1.42. The molecule has 0 radical (unpaired) electrons. The van der Waals surface area contributed by atoms with Crippen LogP contribution in [0.5, 0.6) is 5.75 Å². The predicted molar refractivity (Wildman–Crippen MR) is 121 cm³/mol. The van der Waals surface area contributed by atoms with Gasteiger partial charge in [0.05, 0.1) is 11.4 Å². The van der Waals surface area contributed by atoms with Crippen LogP contribution in [0.4, 0.5) is 11.4 Å². The second-order valence-electron chi connectivity index (χ2n) is 5.99. The minimum Gasteiger partial charge on any atom is -0.484 e. The van der Waals surface area contributed by atoms with Gasteiger partial charge in [-0.1, -0.05) is 30.3 Å². The minimum absolute atomic E-state index is 0.0598. The molecule has 0 aliphatic heterocycles. The highest BCUT2D eigenvalue weighted by Gasteiger charge is 2.07. The molecule has 0 saturated carbocycles. The first kappa shape index (κ1) is 21.0. The maximum absolute atomic E-state index is 12.1. The van der Waals surface area contributed by atoms with Crippen molar-refractivity contribution in [2.45, 2.75) is 4.90 Å². The number of amides is 2. The number of ether oxygens (including phenoxy) is 1. The predicted octanol–water partition coefficient (Wildman–Crippen LogP) is 5.20. The summed E-state index contributed by atoms with van der Waals surface area (Å²) in [5.74, 6) is 0.618. The van der Waals surface area contributed by atoms with Crippen LogP contribution in [0.1, 0.15) is 0 Å². The second-order valence-corrected chi connectivity index (χ2v) is 7.89. The Kier molecular flexibility index (Phi) is 7.72. The SMILES string of the molecule is O=C(COc1ccccc1)Nc1ccc(SCC(=O)Nc2ccccc2Br)cc1. The van der Waals surface area contributed by atoms with Crippen molar-refractivity contribution in [2.24, 2.45) is 0 Å². The first-order chi connectivity index (χ1) is 14.1. The van der Waals surface area contributed by atoms with Crippen LogP contribution in [0.3, 0.4) is 0 Å². The van der Waals surface area contributed by atoms with E-state index in [0.717, 1.165) is 15.1 Å². The minimum atomic E-state index is -0.234. The van der Waals surface area contributed by atoms with E-state index in [2.05, 4.69) is 26.6 Å². The van der Waals surface area contributed by atoms with Gasteiger partial charge in [0.2, 0.25) is 5.91 Å². The van der Waals surface area contributed by atoms with Gasteiger partial charge in [-0.05, 0) is 64.5 Å². The zero-order chi connectivity index (χ0) is 20.5. The number of hydrogen-bond donors (Lipinski definition) is 2. The van der Waals surface area contributed by atoms with Gasteiger partial charge < -0.3 is 15.4 Å². The van der Waals surface area contributed by atoms with Crippen molar-refractivity contribution >= 4 is 50.9 Å². The Labute approximate surface area is 182 Å². The van der Waals surface area contributed by atoms with Crippen LogP contribution in [0.2, 0.25) is 0 Å². The first-order valence-electron chi connectivity index (χ1n) is 8.85. The number of anilines is 2. The van der Waals surface area contributed by atoms with Gasteiger partial charge in [0.25, 0.3) is 5.91 Å². The number of thioether (sulfide) groups is 1. The molecule has 0 atom stereocenters. The lowest BCUT2D eigenvalue weighted by atomic mass is 10.3. The van der Waals surface area contributed by atoms with Crippen LogP contribution in [-0.2, 0) is 9.59 Å². The number of hydrogen-bond acceptors (Lipinski definition) is 4. The van der Waals surface area contributed by atoms with Crippen molar-refractivity contribution in [3.05, 3.63) is 83.3 Å². The van der Waals surface area contributed by atoms with Crippen LogP contribution in [0.25, 0.3) is 0 Å². The number of carbonyl (C=O) groups is 2. The van der Waals surface area contributed by atoms with Crippen molar-refractivity contribution in [1.29, 1.82) is 0 Å². The molecule has 3 rings (SSSR count). The molecule has 0 aliphatic rings. The zero-order valence-corrected chi connectivity index (χ0v) is 17.8. The molecule has 3 aromatic carbocycles. The van der Waals surface area contributed by atoms with Gasteiger partial charge >= 0.3 is 0 Å². The standard InChI is InChI=1S/C22H19BrN2O3S/c23-19-8-4-5-9-20(19)25-22(27)15-29-18-12-10-16(11-13-18)24-21(26)14-28-17-6-2-1-3-7-17/h1-13H,14-15H2,(H,24,26)(H,25,27). The van der Waals surface area contributed by atoms with Crippen LogP contribution in [0.15, 0.2) is 88.2 Å². The second kappa shape index (κ2) is 10.7. The van der Waals surface area contributed by atoms with Crippen LogP contribution < -0.4 is 15.4 Å². The summed E-state index contributed by atoms with van der Waals surface area (Å²) in [6.07, 6.45) is 0. The average Bonchev–Trinajstić information content (AvgIpc) is 2.74. The molecule has 0 spiro atoms. The molecule has 0 aromatic heterocycles. The topological polar surface area (TPSA) is 67.4 Å². The van der Waals surface area contributed by atoms with Crippen molar-refractivity contribution in [1.82, 2.24) is 0 Å². The molecule has 2 N–H and O–H groups in total. The van der Waals surface area contributed by atoms with Crippen LogP contribution in [-0.4, -0.2) is 24.2 Å². The molecule has 5 nitrogen and oxygen atoms in total. The Morgan fingerprint density at radius 3 is 2.24 bits per heavy atom. The number of rotatable bonds is 8. The number of carbonyl (C=O) groups excluding carboxylic acids is 2. The third-order valence-corrected chi connectivity index (χ3v) is 5.47. The summed E-state index contributed by atoms with van der Waals surface area (Å²) >= 11 is 4.83. The van der Waals surface area contributed by atoms with Gasteiger partial charge in [-0.2, -0.15) is 0 Å². The van der Waals surface area contributed by atoms with E-state index < -0.39 is 0 Å². The highest BCUT2D eigenvalue weighted by atomic mass is 79.9. The number of halogens is 1. The molecule has 0 bridgehead atoms. The molecule has 0 heterocycles. The Bertz CT molecular complexity index is 965. The molecular formula is C22H19BrN2O3S. The van der Waals surface area contributed by atoms with Gasteiger partial charge in [-0.25, -0.2) is 0 Å². The van der Waals surface area contributed by atoms with E-state index in [1.54, 1.807) is 24.3 Å². The summed E-state index contributed by atoms with van der Waals surface area (Å²) in [6, 6.07) is 24.0. The fourth-order valence-electron chi connectivity index (χ4n) is 2.39. The fourth-order valence-corrected chi connectivity index (χ4v) is 3.48. The first-order valence-corrected chi connectivity index (χ1v) is 10.6. The van der Waals surface area contributed by atoms with Gasteiger partial charge in [0.15, 0.2) is 6.61 Å². The van der Waals surface area contributed by atoms with Crippen LogP contribution >= 0.6 is 27.7 Å². The molecule has 2 amide bonds. The normalized spacial score (nSPS) is 10.2. The lowest BCUT2D eigenvalue weighted by molar-refractivity contribution is -0.118. The summed E-state index contributed by atoms with van der Waals surface area (Å²) in [7, 11) is 0. The van der Waals surface area contributed by atoms with Gasteiger partial charge in [-0.15, -0.1) is 11.8 Å². The van der Waals surface area contributed by atoms with E-state index in [1.807, 2.05) is 54.6 Å². The van der Waals surface area contributed by atoms with E-state index in [1.165, 1.54) is 11.8 Å². The average molecular weight is 471 g/mol. The number of benzene rings is 3. The van der Waals surface area contributed by atoms with Gasteiger partial charge in [0.1, 0.15) is 5.75 Å². The Balaban J connectivity index is 1.43. The van der Waals surface area contributed by atoms with Gasteiger partial charge in [-0.3, -0.25) is 9.59 Å². The maximum Gasteiger partial charge on any atom is 0.262 e. The van der Waals surface area contributed by atoms with Crippen LogP contribution in [0, 0.1) is 0 Å². The Hall–Kier alpha value is -2.77. The Morgan fingerprint density at radius 1 is 0.828 bits per heavy atom. The monoisotopic (exact) mass is 470 g/mol. The molecule has 0 unspecified atom stereocenters. The fraction of sp³-hybridized carbons (Fsp3) is 0.0909. The highest BCUT2D eigenvalue weighted by molar-refractivity contribution is 9.10. The summed E-state index contributed by atoms with van der Waals surface area (Å²) in [6.45, 7) is -0.0598. The molecule has 3 aromatic rings. The number of nitrogens with one attached hydrogen (secondary N) is 2. The van der Waals surface area contributed by atoms with E-state index >= 15 is 0 Å². The van der Waals surface area contributed by atoms with Crippen molar-refractivity contribution in [2.75, 3.05) is 23.0 Å². The lowest BCUT2D eigenvalue weighted by Gasteiger charge is -2.09. The quantitative estimate of drug-likeness (QED) is 0.444. The third kappa shape index (κ3) is 6.96. The molecule has 0 fully saturated rings. The summed E-state index contributed by atoms with van der Waals surface area (Å²) in [4.78, 5) is 25.0. The molecule has 0 aliphatic carbocycles. The Morgan fingerprint density at radius 2 is 1.52 bits per heavy atom. The molecule has 7 heteroatoms. The van der Waals surface area contributed by atoms with Crippen molar-refractivity contribution in [3.8, 4) is 5.75 Å². The van der Waals surface area contributed by atoms with E-state index in [-0.39, 0.29) is 24.2 Å². The van der Waals surface area contributed by atoms with E-state index in [9.17, 15) is 9.59 Å². The molecular weight excluding hydrogens is 452 g/mol. The molecule has 29 heavy (non-hydrogen) atoms. The van der Waals surface area contributed by atoms with E-state index in [0.29, 0.717) is 11.4 Å². The van der Waals surface area contributed by atoms with Crippen molar-refractivity contribution in [3.63, 3.8) is 0 Å². The lowest BCUT2D eigenvalue weighted by Crippen LogP contribution is -2.20. The highest BCUT2D eigenvalue weighted by Crippen LogP contribution is 2.23. The summed E-state index contributed by atoms with van der Waals surface area (Å²) in [5, 5.41) is 5.65. The maximum atomic E-state index is 12.1. The largest absolute Gasteiger partial charge is 0.484 e.